The second kappa shape index (κ2) is 7.25. The smallest absolute Gasteiger partial charge is 0.207 e. The molecule has 2 aromatic carbocycles. The summed E-state index contributed by atoms with van der Waals surface area (Å²) in [4.78, 5) is 0. The third-order valence-corrected chi connectivity index (χ3v) is 5.69. The highest BCUT2D eigenvalue weighted by atomic mass is 32.2. The summed E-state index contributed by atoms with van der Waals surface area (Å²) in [7, 11) is -3.66. The van der Waals surface area contributed by atoms with E-state index in [0.717, 1.165) is 35.9 Å². The van der Waals surface area contributed by atoms with Gasteiger partial charge in [0, 0.05) is 18.0 Å². The molecule has 0 unspecified atom stereocenters. The topological polar surface area (TPSA) is 37.4 Å². The molecule has 0 heterocycles. The van der Waals surface area contributed by atoms with Gasteiger partial charge in [-0.15, -0.1) is 0 Å². The van der Waals surface area contributed by atoms with Crippen molar-refractivity contribution in [3.05, 3.63) is 76.7 Å². The second-order valence-corrected chi connectivity index (χ2v) is 8.00. The summed E-state index contributed by atoms with van der Waals surface area (Å²) in [6.07, 6.45) is -1.35. The maximum atomic E-state index is 12.7. The first-order valence-corrected chi connectivity index (χ1v) is 9.67. The fourth-order valence-corrected chi connectivity index (χ4v) is 4.02. The van der Waals surface area contributed by atoms with Crippen molar-refractivity contribution >= 4 is 16.1 Å². The molecule has 26 heavy (non-hydrogen) atoms. The minimum absolute atomic E-state index is 0.0598. The lowest BCUT2D eigenvalue weighted by Gasteiger charge is -2.20. The zero-order valence-electron chi connectivity index (χ0n) is 13.9. The van der Waals surface area contributed by atoms with Gasteiger partial charge in [-0.1, -0.05) is 42.5 Å². The Morgan fingerprint density at radius 3 is 2.15 bits per heavy atom. The molecule has 7 heteroatoms. The Morgan fingerprint density at radius 2 is 1.62 bits per heavy atom. The van der Waals surface area contributed by atoms with E-state index in [2.05, 4.69) is 0 Å². The lowest BCUT2D eigenvalue weighted by molar-refractivity contribution is -0.137. The standard InChI is InChI=1S/C19H18F3NO2S/c20-19(21,22)17-8-6-16(7-9-17)14-23(18-10-11-18)26(24,25)13-12-15-4-2-1-3-5-15/h1-9,12-13,18H,10-11,14H2/b13-12+. The molecular weight excluding hydrogens is 363 g/mol. The van der Waals surface area contributed by atoms with E-state index in [1.54, 1.807) is 12.1 Å². The third kappa shape index (κ3) is 4.74. The number of sulfonamides is 1. The van der Waals surface area contributed by atoms with E-state index in [-0.39, 0.29) is 12.6 Å². The Kier molecular flexibility index (Phi) is 5.20. The van der Waals surface area contributed by atoms with Gasteiger partial charge in [-0.05, 0) is 42.2 Å². The first kappa shape index (κ1) is 18.7. The minimum atomic E-state index is -4.40. The summed E-state index contributed by atoms with van der Waals surface area (Å²) in [6.45, 7) is 0.0598. The summed E-state index contributed by atoms with van der Waals surface area (Å²) < 4.78 is 64.7. The molecule has 1 aliphatic rings. The maximum absolute atomic E-state index is 12.7. The Balaban J connectivity index is 1.78. The number of benzene rings is 2. The molecule has 2 aromatic rings. The molecule has 0 aromatic heterocycles. The van der Waals surface area contributed by atoms with Crippen LogP contribution in [0.3, 0.4) is 0 Å². The first-order valence-electron chi connectivity index (χ1n) is 8.17. The molecule has 1 fully saturated rings. The molecule has 0 bridgehead atoms. The Hall–Kier alpha value is -2.12. The molecule has 3 rings (SSSR count). The first-order chi connectivity index (χ1) is 12.3. The fourth-order valence-electron chi connectivity index (χ4n) is 2.58. The predicted octanol–water partition coefficient (Wildman–Crippen LogP) is 4.67. The van der Waals surface area contributed by atoms with Crippen molar-refractivity contribution in [3.63, 3.8) is 0 Å². The Bertz CT molecular complexity index is 871. The summed E-state index contributed by atoms with van der Waals surface area (Å²) >= 11 is 0. The van der Waals surface area contributed by atoms with Crippen LogP contribution in [-0.4, -0.2) is 18.8 Å². The third-order valence-electron chi connectivity index (χ3n) is 4.13. The van der Waals surface area contributed by atoms with Crippen LogP contribution in [0, 0.1) is 0 Å². The molecule has 0 radical (unpaired) electrons. The molecule has 1 aliphatic carbocycles. The molecule has 0 amide bonds. The number of hydrogen-bond donors (Lipinski definition) is 0. The second-order valence-electron chi connectivity index (χ2n) is 6.23. The molecule has 0 atom stereocenters. The quantitative estimate of drug-likeness (QED) is 0.729. The molecule has 0 N–H and O–H groups in total. The minimum Gasteiger partial charge on any atom is -0.207 e. The van der Waals surface area contributed by atoms with Crippen LogP contribution in [0.2, 0.25) is 0 Å². The van der Waals surface area contributed by atoms with Gasteiger partial charge >= 0.3 is 6.18 Å². The number of nitrogens with zero attached hydrogens (tertiary/aromatic N) is 1. The van der Waals surface area contributed by atoms with Gasteiger partial charge in [0.05, 0.1) is 5.56 Å². The van der Waals surface area contributed by atoms with Gasteiger partial charge in [-0.25, -0.2) is 8.42 Å². The average Bonchev–Trinajstić information content (AvgIpc) is 3.43. The van der Waals surface area contributed by atoms with E-state index >= 15 is 0 Å². The van der Waals surface area contributed by atoms with Crippen LogP contribution >= 0.6 is 0 Å². The average molecular weight is 381 g/mol. The largest absolute Gasteiger partial charge is 0.416 e. The SMILES string of the molecule is O=S(=O)(/C=C/c1ccccc1)N(Cc1ccc(C(F)(F)F)cc1)C1CC1. The van der Waals surface area contributed by atoms with Gasteiger partial charge in [-0.2, -0.15) is 17.5 Å². The molecule has 1 saturated carbocycles. The number of halogens is 3. The van der Waals surface area contributed by atoms with Crippen molar-refractivity contribution < 1.29 is 21.6 Å². The number of hydrogen-bond acceptors (Lipinski definition) is 2. The van der Waals surface area contributed by atoms with E-state index in [4.69, 9.17) is 0 Å². The Morgan fingerprint density at radius 1 is 1.00 bits per heavy atom. The van der Waals surface area contributed by atoms with Crippen molar-refractivity contribution in [1.29, 1.82) is 0 Å². The van der Waals surface area contributed by atoms with Gasteiger partial charge in [0.2, 0.25) is 10.0 Å². The van der Waals surface area contributed by atoms with Crippen molar-refractivity contribution in [2.75, 3.05) is 0 Å². The van der Waals surface area contributed by atoms with Crippen LogP contribution < -0.4 is 0 Å². The normalized spacial score (nSPS) is 15.7. The molecule has 0 spiro atoms. The highest BCUT2D eigenvalue weighted by Crippen LogP contribution is 2.33. The van der Waals surface area contributed by atoms with Gasteiger partial charge < -0.3 is 0 Å². The van der Waals surface area contributed by atoms with Crippen LogP contribution in [0.1, 0.15) is 29.5 Å². The lowest BCUT2D eigenvalue weighted by Crippen LogP contribution is -2.31. The van der Waals surface area contributed by atoms with E-state index < -0.39 is 21.8 Å². The molecular formula is C19H18F3NO2S. The molecule has 3 nitrogen and oxygen atoms in total. The van der Waals surface area contributed by atoms with Crippen LogP contribution in [-0.2, 0) is 22.7 Å². The van der Waals surface area contributed by atoms with Crippen molar-refractivity contribution in [1.82, 2.24) is 4.31 Å². The summed E-state index contributed by atoms with van der Waals surface area (Å²) in [6, 6.07) is 13.6. The van der Waals surface area contributed by atoms with E-state index in [9.17, 15) is 21.6 Å². The summed E-state index contributed by atoms with van der Waals surface area (Å²) in [5.41, 5.74) is 0.550. The molecule has 0 aliphatic heterocycles. The zero-order valence-corrected chi connectivity index (χ0v) is 14.7. The van der Waals surface area contributed by atoms with Crippen molar-refractivity contribution in [3.8, 4) is 0 Å². The highest BCUT2D eigenvalue weighted by molar-refractivity contribution is 7.92. The van der Waals surface area contributed by atoms with Crippen LogP contribution in [0.5, 0.6) is 0 Å². The molecule has 0 saturated heterocycles. The van der Waals surface area contributed by atoms with Crippen molar-refractivity contribution in [2.24, 2.45) is 0 Å². The summed E-state index contributed by atoms with van der Waals surface area (Å²) in [5.74, 6) is 0. The number of rotatable bonds is 6. The van der Waals surface area contributed by atoms with Gasteiger partial charge in [0.15, 0.2) is 0 Å². The van der Waals surface area contributed by atoms with E-state index in [0.29, 0.717) is 5.56 Å². The zero-order chi connectivity index (χ0) is 18.8. The van der Waals surface area contributed by atoms with E-state index in [1.807, 2.05) is 18.2 Å². The number of alkyl halides is 3. The highest BCUT2D eigenvalue weighted by Gasteiger charge is 2.36. The van der Waals surface area contributed by atoms with Crippen LogP contribution in [0.25, 0.3) is 6.08 Å². The van der Waals surface area contributed by atoms with Gasteiger partial charge in [-0.3, -0.25) is 0 Å². The van der Waals surface area contributed by atoms with E-state index in [1.165, 1.54) is 22.5 Å². The van der Waals surface area contributed by atoms with Crippen molar-refractivity contribution in [2.45, 2.75) is 31.6 Å². The van der Waals surface area contributed by atoms with Crippen LogP contribution in [0.4, 0.5) is 13.2 Å². The van der Waals surface area contributed by atoms with Gasteiger partial charge in [0.25, 0.3) is 0 Å². The summed E-state index contributed by atoms with van der Waals surface area (Å²) in [5, 5.41) is 1.16. The Labute approximate surface area is 150 Å². The molecule has 138 valence electrons. The lowest BCUT2D eigenvalue weighted by atomic mass is 10.1. The van der Waals surface area contributed by atoms with Crippen LogP contribution in [0.15, 0.2) is 60.0 Å². The predicted molar refractivity (Wildman–Crippen MR) is 94.4 cm³/mol. The fraction of sp³-hybridized carbons (Fsp3) is 0.263. The van der Waals surface area contributed by atoms with Gasteiger partial charge in [0.1, 0.15) is 0 Å². The maximum Gasteiger partial charge on any atom is 0.416 e. The monoisotopic (exact) mass is 381 g/mol.